The molecular weight excluding hydrogens is 230 g/mol. The Labute approximate surface area is 97.7 Å². The smallest absolute Gasteiger partial charge is 0.308 e. The largest absolute Gasteiger partial charge is 0.466 e. The second kappa shape index (κ2) is 5.93. The second-order valence-electron chi connectivity index (χ2n) is 3.33. The zero-order chi connectivity index (χ0) is 12.1. The van der Waals surface area contributed by atoms with Crippen LogP contribution in [0.4, 0.5) is 0 Å². The van der Waals surface area contributed by atoms with Crippen molar-refractivity contribution < 1.29 is 19.7 Å². The zero-order valence-corrected chi connectivity index (χ0v) is 10.0. The van der Waals surface area contributed by atoms with E-state index in [2.05, 4.69) is 9.72 Å². The Morgan fingerprint density at radius 3 is 2.81 bits per heavy atom. The Hall–Kier alpha value is -0.980. The van der Waals surface area contributed by atoms with E-state index in [0.717, 1.165) is 4.88 Å². The fraction of sp³-hybridized carbons (Fsp3) is 0.600. The minimum Gasteiger partial charge on any atom is -0.466 e. The van der Waals surface area contributed by atoms with Gasteiger partial charge in [0.05, 0.1) is 19.1 Å². The number of ether oxygens (including phenoxy) is 1. The average Bonchev–Trinajstić information content (AvgIpc) is 2.64. The van der Waals surface area contributed by atoms with Crippen molar-refractivity contribution in [1.82, 2.24) is 4.98 Å². The summed E-state index contributed by atoms with van der Waals surface area (Å²) in [6, 6.07) is 0. The van der Waals surface area contributed by atoms with Gasteiger partial charge in [-0.25, -0.2) is 4.98 Å². The molecule has 2 N–H and O–H groups in total. The number of hydrogen-bond acceptors (Lipinski definition) is 6. The van der Waals surface area contributed by atoms with Crippen molar-refractivity contribution in [2.45, 2.75) is 32.5 Å². The van der Waals surface area contributed by atoms with Crippen molar-refractivity contribution in [3.8, 4) is 0 Å². The van der Waals surface area contributed by atoms with Crippen molar-refractivity contribution >= 4 is 17.3 Å². The van der Waals surface area contributed by atoms with Crippen molar-refractivity contribution in [1.29, 1.82) is 0 Å². The lowest BCUT2D eigenvalue weighted by atomic mass is 10.1. The monoisotopic (exact) mass is 245 g/mol. The van der Waals surface area contributed by atoms with Gasteiger partial charge in [0.15, 0.2) is 0 Å². The van der Waals surface area contributed by atoms with Gasteiger partial charge in [-0.05, 0) is 13.8 Å². The van der Waals surface area contributed by atoms with Crippen LogP contribution in [0.3, 0.4) is 0 Å². The van der Waals surface area contributed by atoms with Crippen LogP contribution in [0.1, 0.15) is 29.3 Å². The molecule has 1 heterocycles. The van der Waals surface area contributed by atoms with Crippen LogP contribution in [0.5, 0.6) is 0 Å². The molecule has 2 unspecified atom stereocenters. The maximum absolute atomic E-state index is 11.1. The molecule has 0 aliphatic rings. The van der Waals surface area contributed by atoms with E-state index in [9.17, 15) is 15.0 Å². The molecule has 1 aromatic heterocycles. The third-order valence-corrected chi connectivity index (χ3v) is 2.92. The van der Waals surface area contributed by atoms with Crippen LogP contribution in [0.25, 0.3) is 0 Å². The molecule has 16 heavy (non-hydrogen) atoms. The number of carbonyl (C=O) groups excluding carboxylic acids is 1. The normalized spacial score (nSPS) is 14.5. The van der Waals surface area contributed by atoms with E-state index in [1.54, 1.807) is 13.1 Å². The van der Waals surface area contributed by atoms with Gasteiger partial charge in [0.25, 0.3) is 0 Å². The summed E-state index contributed by atoms with van der Waals surface area (Å²) < 4.78 is 4.68. The number of hydrogen-bond donors (Lipinski definition) is 2. The van der Waals surface area contributed by atoms with Crippen LogP contribution in [-0.2, 0) is 9.53 Å². The van der Waals surface area contributed by atoms with Crippen LogP contribution in [-0.4, -0.2) is 33.9 Å². The molecule has 0 spiro atoms. The Morgan fingerprint density at radius 2 is 2.31 bits per heavy atom. The first kappa shape index (κ1) is 13.1. The number of aliphatic hydroxyl groups is 2. The Morgan fingerprint density at radius 1 is 1.62 bits per heavy atom. The van der Waals surface area contributed by atoms with Crippen molar-refractivity contribution in [3.05, 3.63) is 16.1 Å². The Bertz CT molecular complexity index is 352. The predicted molar refractivity (Wildman–Crippen MR) is 59.1 cm³/mol. The molecule has 0 saturated heterocycles. The SMILES string of the molecule is CCOC(=O)CC(O)C(O)c1ncc(C)s1. The third kappa shape index (κ3) is 3.55. The first-order chi connectivity index (χ1) is 7.54. The summed E-state index contributed by atoms with van der Waals surface area (Å²) in [7, 11) is 0. The van der Waals surface area contributed by atoms with Crippen molar-refractivity contribution in [3.63, 3.8) is 0 Å². The molecule has 0 aromatic carbocycles. The number of thiazole rings is 1. The summed E-state index contributed by atoms with van der Waals surface area (Å²) in [5.74, 6) is -0.526. The molecule has 6 heteroatoms. The molecule has 0 aliphatic carbocycles. The topological polar surface area (TPSA) is 79.7 Å². The van der Waals surface area contributed by atoms with Crippen LogP contribution < -0.4 is 0 Å². The minimum absolute atomic E-state index is 0.229. The molecule has 0 radical (unpaired) electrons. The van der Waals surface area contributed by atoms with Gasteiger partial charge in [0.1, 0.15) is 11.1 Å². The molecule has 1 aromatic rings. The Balaban J connectivity index is 2.53. The highest BCUT2D eigenvalue weighted by atomic mass is 32.1. The van der Waals surface area contributed by atoms with E-state index in [1.165, 1.54) is 11.3 Å². The summed E-state index contributed by atoms with van der Waals surface area (Å²) in [5.41, 5.74) is 0. The lowest BCUT2D eigenvalue weighted by Crippen LogP contribution is -2.23. The van der Waals surface area contributed by atoms with Crippen LogP contribution in [0, 0.1) is 6.92 Å². The van der Waals surface area contributed by atoms with E-state index in [1.807, 2.05) is 6.92 Å². The number of aryl methyl sites for hydroxylation is 1. The molecule has 0 amide bonds. The summed E-state index contributed by atoms with van der Waals surface area (Å²) >= 11 is 1.29. The lowest BCUT2D eigenvalue weighted by Gasteiger charge is -2.14. The van der Waals surface area contributed by atoms with E-state index in [4.69, 9.17) is 0 Å². The second-order valence-corrected chi connectivity index (χ2v) is 4.60. The first-order valence-corrected chi connectivity index (χ1v) is 5.80. The van der Waals surface area contributed by atoms with E-state index in [0.29, 0.717) is 5.01 Å². The number of nitrogens with zero attached hydrogens (tertiary/aromatic N) is 1. The quantitative estimate of drug-likeness (QED) is 0.750. The van der Waals surface area contributed by atoms with Gasteiger partial charge in [-0.3, -0.25) is 4.79 Å². The van der Waals surface area contributed by atoms with E-state index >= 15 is 0 Å². The molecule has 2 atom stereocenters. The van der Waals surface area contributed by atoms with Crippen LogP contribution in [0.15, 0.2) is 6.20 Å². The van der Waals surface area contributed by atoms with Gasteiger partial charge in [-0.1, -0.05) is 0 Å². The summed E-state index contributed by atoms with van der Waals surface area (Å²) in [4.78, 5) is 16.0. The molecule has 1 rings (SSSR count). The molecule has 0 fully saturated rings. The summed E-state index contributed by atoms with van der Waals surface area (Å²) in [5, 5.41) is 19.7. The highest BCUT2D eigenvalue weighted by Gasteiger charge is 2.24. The van der Waals surface area contributed by atoms with Gasteiger partial charge >= 0.3 is 5.97 Å². The van der Waals surface area contributed by atoms with Gasteiger partial charge in [0, 0.05) is 11.1 Å². The van der Waals surface area contributed by atoms with E-state index < -0.39 is 18.2 Å². The van der Waals surface area contributed by atoms with Crippen molar-refractivity contribution in [2.24, 2.45) is 0 Å². The van der Waals surface area contributed by atoms with Gasteiger partial charge in [0.2, 0.25) is 0 Å². The fourth-order valence-electron chi connectivity index (χ4n) is 1.18. The average molecular weight is 245 g/mol. The highest BCUT2D eigenvalue weighted by molar-refractivity contribution is 7.11. The standard InChI is InChI=1S/C10H15NO4S/c1-3-15-8(13)4-7(12)9(14)10-11-5-6(2)16-10/h5,7,9,12,14H,3-4H2,1-2H3. The molecule has 5 nitrogen and oxygen atoms in total. The number of rotatable bonds is 5. The maximum Gasteiger partial charge on any atom is 0.308 e. The van der Waals surface area contributed by atoms with E-state index in [-0.39, 0.29) is 13.0 Å². The maximum atomic E-state index is 11.1. The van der Waals surface area contributed by atoms with Crippen LogP contribution >= 0.6 is 11.3 Å². The van der Waals surface area contributed by atoms with Gasteiger partial charge in [-0.2, -0.15) is 0 Å². The minimum atomic E-state index is -1.18. The predicted octanol–water partition coefficient (Wildman–Crippen LogP) is 0.799. The molecule has 0 aliphatic heterocycles. The molecular formula is C10H15NO4S. The molecule has 0 saturated carbocycles. The van der Waals surface area contributed by atoms with Crippen molar-refractivity contribution in [2.75, 3.05) is 6.61 Å². The molecule has 0 bridgehead atoms. The molecule has 90 valence electrons. The number of aromatic nitrogens is 1. The first-order valence-electron chi connectivity index (χ1n) is 4.98. The zero-order valence-electron chi connectivity index (χ0n) is 9.21. The summed E-state index contributed by atoms with van der Waals surface area (Å²) in [6.07, 6.45) is -0.929. The highest BCUT2D eigenvalue weighted by Crippen LogP contribution is 2.23. The third-order valence-electron chi connectivity index (χ3n) is 1.94. The van der Waals surface area contributed by atoms with Gasteiger partial charge in [-0.15, -0.1) is 11.3 Å². The van der Waals surface area contributed by atoms with Crippen LogP contribution in [0.2, 0.25) is 0 Å². The number of carbonyl (C=O) groups is 1. The lowest BCUT2D eigenvalue weighted by molar-refractivity contribution is -0.147. The summed E-state index contributed by atoms with van der Waals surface area (Å²) in [6.45, 7) is 3.80. The van der Waals surface area contributed by atoms with Gasteiger partial charge < -0.3 is 14.9 Å². The Kier molecular flexibility index (Phi) is 4.85. The number of aliphatic hydroxyl groups excluding tert-OH is 2. The fourth-order valence-corrected chi connectivity index (χ4v) is 1.99. The number of esters is 1.